The average Bonchev–Trinajstić information content (AvgIpc) is 2.26. The maximum Gasteiger partial charge on any atom is 0.211 e. The summed E-state index contributed by atoms with van der Waals surface area (Å²) in [5.74, 6) is 3.25. The Morgan fingerprint density at radius 1 is 1.13 bits per heavy atom. The van der Waals surface area contributed by atoms with Gasteiger partial charge in [0, 0.05) is 5.56 Å². The van der Waals surface area contributed by atoms with E-state index >= 15 is 0 Å². The first-order chi connectivity index (χ1) is 6.77. The molecule has 0 spiro atoms. The number of hydrogen-bond acceptors (Lipinski definition) is 1. The fourth-order valence-electron chi connectivity index (χ4n) is 1.30. The molecule has 15 heavy (non-hydrogen) atoms. The lowest BCUT2D eigenvalue weighted by Crippen LogP contribution is -3.00. The molecule has 0 bridgehead atoms. The van der Waals surface area contributed by atoms with Gasteiger partial charge in [-0.3, -0.25) is 4.79 Å². The van der Waals surface area contributed by atoms with E-state index in [1.54, 1.807) is 0 Å². The molecule has 0 radical (unpaired) electrons. The van der Waals surface area contributed by atoms with Crippen LogP contribution >= 0.6 is 0 Å². The van der Waals surface area contributed by atoms with Crippen molar-refractivity contribution in [2.24, 2.45) is 0 Å². The SMILES string of the molecule is CC[S+](CC)CC(=O)c1ccccc1.[Br-]. The molecule has 1 aromatic rings. The second-order valence-corrected chi connectivity index (χ2v) is 5.79. The van der Waals surface area contributed by atoms with Crippen LogP contribution in [0, 0.1) is 0 Å². The van der Waals surface area contributed by atoms with E-state index in [0.29, 0.717) is 0 Å². The molecule has 1 nitrogen and oxygen atoms in total. The molecule has 0 saturated carbocycles. The van der Waals surface area contributed by atoms with Crippen LogP contribution in [0.25, 0.3) is 0 Å². The van der Waals surface area contributed by atoms with Gasteiger partial charge in [-0.1, -0.05) is 30.3 Å². The summed E-state index contributed by atoms with van der Waals surface area (Å²) in [6.45, 7) is 4.32. The maximum absolute atomic E-state index is 11.8. The third kappa shape index (κ3) is 4.85. The topological polar surface area (TPSA) is 17.1 Å². The molecule has 0 amide bonds. The summed E-state index contributed by atoms with van der Waals surface area (Å²) < 4.78 is 0. The van der Waals surface area contributed by atoms with Crippen molar-refractivity contribution in [3.63, 3.8) is 0 Å². The third-order valence-corrected chi connectivity index (χ3v) is 4.55. The maximum atomic E-state index is 11.8. The van der Waals surface area contributed by atoms with Crippen LogP contribution in [0.3, 0.4) is 0 Å². The molecule has 0 aliphatic heterocycles. The molecule has 1 rings (SSSR count). The van der Waals surface area contributed by atoms with E-state index in [1.165, 1.54) is 0 Å². The summed E-state index contributed by atoms with van der Waals surface area (Å²) in [5, 5.41) is 0. The first-order valence-corrected chi connectivity index (χ1v) is 6.73. The van der Waals surface area contributed by atoms with Crippen molar-refractivity contribution in [3.8, 4) is 0 Å². The zero-order valence-corrected chi connectivity index (χ0v) is 11.6. The first-order valence-electron chi connectivity index (χ1n) is 5.00. The van der Waals surface area contributed by atoms with E-state index in [-0.39, 0.29) is 33.7 Å². The molecule has 0 atom stereocenters. The van der Waals surface area contributed by atoms with Gasteiger partial charge in [0.05, 0.1) is 0 Å². The van der Waals surface area contributed by atoms with Gasteiger partial charge < -0.3 is 17.0 Å². The van der Waals surface area contributed by atoms with Crippen LogP contribution in [0.5, 0.6) is 0 Å². The van der Waals surface area contributed by atoms with Crippen LogP contribution in [0.4, 0.5) is 0 Å². The smallest absolute Gasteiger partial charge is 0.211 e. The van der Waals surface area contributed by atoms with Gasteiger partial charge in [-0.25, -0.2) is 0 Å². The van der Waals surface area contributed by atoms with Gasteiger partial charge >= 0.3 is 0 Å². The quantitative estimate of drug-likeness (QED) is 0.529. The Morgan fingerprint density at radius 2 is 1.67 bits per heavy atom. The van der Waals surface area contributed by atoms with Crippen LogP contribution in [0.1, 0.15) is 24.2 Å². The lowest BCUT2D eigenvalue weighted by molar-refractivity contribution is -0.0000108. The predicted octanol–water partition coefficient (Wildman–Crippen LogP) is -0.469. The Morgan fingerprint density at radius 3 is 2.13 bits per heavy atom. The number of ketones is 1. The molecular formula is C12H17BrOS. The summed E-state index contributed by atoms with van der Waals surface area (Å²) in [6.07, 6.45) is 0. The van der Waals surface area contributed by atoms with Gasteiger partial charge in [0.25, 0.3) is 0 Å². The highest BCUT2D eigenvalue weighted by Crippen LogP contribution is 2.04. The second-order valence-electron chi connectivity index (χ2n) is 3.12. The van der Waals surface area contributed by atoms with E-state index in [2.05, 4.69) is 13.8 Å². The lowest BCUT2D eigenvalue weighted by atomic mass is 10.2. The summed E-state index contributed by atoms with van der Waals surface area (Å²) in [4.78, 5) is 11.8. The summed E-state index contributed by atoms with van der Waals surface area (Å²) in [7, 11) is 0.281. The van der Waals surface area contributed by atoms with Gasteiger partial charge in [-0.15, -0.1) is 0 Å². The van der Waals surface area contributed by atoms with Gasteiger partial charge in [0.2, 0.25) is 5.78 Å². The van der Waals surface area contributed by atoms with Gasteiger partial charge in [-0.05, 0) is 24.7 Å². The van der Waals surface area contributed by atoms with Crippen molar-refractivity contribution in [2.75, 3.05) is 17.3 Å². The molecule has 0 saturated heterocycles. The van der Waals surface area contributed by atoms with Crippen molar-refractivity contribution in [3.05, 3.63) is 35.9 Å². The molecule has 0 heterocycles. The highest BCUT2D eigenvalue weighted by Gasteiger charge is 2.18. The van der Waals surface area contributed by atoms with E-state index < -0.39 is 0 Å². The fraction of sp³-hybridized carbons (Fsp3) is 0.417. The van der Waals surface area contributed by atoms with E-state index in [4.69, 9.17) is 0 Å². The highest BCUT2D eigenvalue weighted by atomic mass is 79.9. The first kappa shape index (κ1) is 14.7. The molecule has 0 aliphatic carbocycles. The van der Waals surface area contributed by atoms with Crippen LogP contribution in [-0.4, -0.2) is 23.0 Å². The Hall–Kier alpha value is -0.280. The lowest BCUT2D eigenvalue weighted by Gasteiger charge is -2.02. The van der Waals surface area contributed by atoms with Crippen molar-refractivity contribution in [1.82, 2.24) is 0 Å². The molecule has 0 aromatic heterocycles. The molecule has 0 unspecified atom stereocenters. The Balaban J connectivity index is 0.00000196. The number of carbonyl (C=O) groups excluding carboxylic acids is 1. The molecular weight excluding hydrogens is 272 g/mol. The van der Waals surface area contributed by atoms with Crippen molar-refractivity contribution in [1.29, 1.82) is 0 Å². The Labute approximate surface area is 105 Å². The fourth-order valence-corrected chi connectivity index (χ4v) is 2.65. The van der Waals surface area contributed by atoms with Crippen LogP contribution < -0.4 is 17.0 Å². The van der Waals surface area contributed by atoms with Crippen LogP contribution in [0.15, 0.2) is 30.3 Å². The number of hydrogen-bond donors (Lipinski definition) is 0. The van der Waals surface area contributed by atoms with Gasteiger partial charge in [0.1, 0.15) is 11.5 Å². The normalized spacial score (nSPS) is 9.80. The molecule has 3 heteroatoms. The monoisotopic (exact) mass is 288 g/mol. The van der Waals surface area contributed by atoms with Crippen molar-refractivity contribution >= 4 is 16.7 Å². The minimum atomic E-state index is 0. The Kier molecular flexibility index (Phi) is 7.79. The van der Waals surface area contributed by atoms with E-state index in [9.17, 15) is 4.79 Å². The van der Waals surface area contributed by atoms with Crippen molar-refractivity contribution < 1.29 is 21.8 Å². The number of benzene rings is 1. The predicted molar refractivity (Wildman–Crippen MR) is 64.1 cm³/mol. The molecule has 1 aromatic carbocycles. The largest absolute Gasteiger partial charge is 1.00 e. The van der Waals surface area contributed by atoms with E-state index in [1.807, 2.05) is 30.3 Å². The number of rotatable bonds is 5. The van der Waals surface area contributed by atoms with Gasteiger partial charge in [0.15, 0.2) is 5.75 Å². The molecule has 84 valence electrons. The zero-order chi connectivity index (χ0) is 10.4. The third-order valence-electron chi connectivity index (χ3n) is 2.25. The average molecular weight is 289 g/mol. The minimum Gasteiger partial charge on any atom is -1.00 e. The second kappa shape index (κ2) is 7.94. The van der Waals surface area contributed by atoms with Crippen LogP contribution in [0.2, 0.25) is 0 Å². The number of carbonyl (C=O) groups is 1. The van der Waals surface area contributed by atoms with Gasteiger partial charge in [-0.2, -0.15) is 0 Å². The molecule has 0 N–H and O–H groups in total. The van der Waals surface area contributed by atoms with Crippen molar-refractivity contribution in [2.45, 2.75) is 13.8 Å². The molecule has 0 aliphatic rings. The molecule has 0 fully saturated rings. The minimum absolute atomic E-state index is 0. The number of Topliss-reactive ketones (excluding diaryl/α,β-unsaturated/α-hetero) is 1. The zero-order valence-electron chi connectivity index (χ0n) is 9.20. The summed E-state index contributed by atoms with van der Waals surface area (Å²) in [5.41, 5.74) is 0.854. The van der Waals surface area contributed by atoms with Crippen LogP contribution in [-0.2, 0) is 10.9 Å². The summed E-state index contributed by atoms with van der Waals surface area (Å²) in [6, 6.07) is 9.58. The Bertz CT molecular complexity index is 283. The van der Waals surface area contributed by atoms with E-state index in [0.717, 1.165) is 22.8 Å². The number of halogens is 1. The highest BCUT2D eigenvalue weighted by molar-refractivity contribution is 7.97. The standard InChI is InChI=1S/C12H17OS.BrH/c1-3-14(4-2)10-12(13)11-8-6-5-7-9-11;/h5-9H,3-4,10H2,1-2H3;1H/q+1;/p-1. The summed E-state index contributed by atoms with van der Waals surface area (Å²) >= 11 is 0.